The molecule has 2 unspecified atom stereocenters. The van der Waals surface area contributed by atoms with Crippen LogP contribution in [0.2, 0.25) is 5.02 Å². The molecular weight excluding hydrogens is 537 g/mol. The number of nitrogens with one attached hydrogen (secondary N) is 2. The molecule has 0 spiro atoms. The van der Waals surface area contributed by atoms with Gasteiger partial charge in [-0.2, -0.15) is 0 Å². The highest BCUT2D eigenvalue weighted by molar-refractivity contribution is 14.0. The molecule has 0 radical (unpaired) electrons. The molecule has 2 atom stereocenters. The number of halogens is 2. The zero-order valence-corrected chi connectivity index (χ0v) is 23.0. The van der Waals surface area contributed by atoms with Crippen molar-refractivity contribution in [2.24, 2.45) is 16.3 Å². The summed E-state index contributed by atoms with van der Waals surface area (Å²) in [6.07, 6.45) is 6.46. The SMILES string of the molecule is CN=C(NCC1CCCN(C)C1c1cccc(Cl)c1)NCC1(C(=O)N(C)C)CCCC1.I. The molecule has 3 rings (SSSR count). The number of rotatable bonds is 6. The second-order valence-electron chi connectivity index (χ2n) is 9.38. The van der Waals surface area contributed by atoms with Gasteiger partial charge in [0.25, 0.3) is 0 Å². The van der Waals surface area contributed by atoms with Crippen LogP contribution < -0.4 is 10.6 Å². The second-order valence-corrected chi connectivity index (χ2v) is 9.81. The maximum Gasteiger partial charge on any atom is 0.230 e. The average Bonchev–Trinajstić information content (AvgIpc) is 3.23. The summed E-state index contributed by atoms with van der Waals surface area (Å²) in [6.45, 7) is 2.55. The van der Waals surface area contributed by atoms with E-state index in [9.17, 15) is 4.79 Å². The zero-order chi connectivity index (χ0) is 22.4. The van der Waals surface area contributed by atoms with E-state index in [1.807, 2.05) is 26.2 Å². The van der Waals surface area contributed by atoms with Crippen molar-refractivity contribution in [3.63, 3.8) is 0 Å². The monoisotopic (exact) mass is 575 g/mol. The third kappa shape index (κ3) is 6.50. The van der Waals surface area contributed by atoms with E-state index >= 15 is 0 Å². The lowest BCUT2D eigenvalue weighted by Gasteiger charge is -2.40. The fourth-order valence-electron chi connectivity index (χ4n) is 5.38. The van der Waals surface area contributed by atoms with Crippen LogP contribution in [-0.4, -0.2) is 69.5 Å². The van der Waals surface area contributed by atoms with Gasteiger partial charge in [-0.3, -0.25) is 14.7 Å². The van der Waals surface area contributed by atoms with Crippen molar-refractivity contribution in [2.75, 3.05) is 47.8 Å². The molecule has 1 aliphatic carbocycles. The number of likely N-dealkylation sites (tertiary alicyclic amines) is 1. The summed E-state index contributed by atoms with van der Waals surface area (Å²) in [5.41, 5.74) is 0.959. The molecule has 8 heteroatoms. The van der Waals surface area contributed by atoms with Crippen molar-refractivity contribution in [1.82, 2.24) is 20.4 Å². The maximum absolute atomic E-state index is 12.8. The molecule has 0 aromatic heterocycles. The predicted molar refractivity (Wildman–Crippen MR) is 144 cm³/mol. The fraction of sp³-hybridized carbons (Fsp3) is 0.667. The molecule has 32 heavy (non-hydrogen) atoms. The van der Waals surface area contributed by atoms with Gasteiger partial charge in [0, 0.05) is 45.3 Å². The van der Waals surface area contributed by atoms with Crippen LogP contribution in [0.25, 0.3) is 0 Å². The van der Waals surface area contributed by atoms with Gasteiger partial charge in [-0.25, -0.2) is 0 Å². The van der Waals surface area contributed by atoms with Crippen LogP contribution in [-0.2, 0) is 4.79 Å². The molecule has 1 aliphatic heterocycles. The third-order valence-corrected chi connectivity index (χ3v) is 7.20. The molecule has 6 nitrogen and oxygen atoms in total. The Bertz CT molecular complexity index is 781. The first-order valence-corrected chi connectivity index (χ1v) is 11.9. The number of amides is 1. The van der Waals surface area contributed by atoms with Crippen LogP contribution in [0.15, 0.2) is 29.3 Å². The number of guanidine groups is 1. The van der Waals surface area contributed by atoms with E-state index in [4.69, 9.17) is 11.6 Å². The van der Waals surface area contributed by atoms with Gasteiger partial charge in [0.05, 0.1) is 5.41 Å². The number of hydrogen-bond acceptors (Lipinski definition) is 3. The number of hydrogen-bond donors (Lipinski definition) is 2. The Labute approximate surface area is 215 Å². The highest BCUT2D eigenvalue weighted by Crippen LogP contribution is 2.39. The van der Waals surface area contributed by atoms with Gasteiger partial charge in [-0.1, -0.05) is 36.6 Å². The lowest BCUT2D eigenvalue weighted by atomic mass is 9.84. The fourth-order valence-corrected chi connectivity index (χ4v) is 5.58. The molecular formula is C24H39ClIN5O. The lowest BCUT2D eigenvalue weighted by molar-refractivity contribution is -0.138. The molecule has 1 saturated heterocycles. The summed E-state index contributed by atoms with van der Waals surface area (Å²) in [5.74, 6) is 1.46. The Balaban J connectivity index is 0.00000363. The molecule has 1 aromatic carbocycles. The van der Waals surface area contributed by atoms with E-state index in [1.54, 1.807) is 11.9 Å². The van der Waals surface area contributed by atoms with Gasteiger partial charge >= 0.3 is 0 Å². The van der Waals surface area contributed by atoms with Crippen molar-refractivity contribution in [3.05, 3.63) is 34.9 Å². The van der Waals surface area contributed by atoms with Crippen molar-refractivity contribution < 1.29 is 4.79 Å². The molecule has 1 saturated carbocycles. The minimum atomic E-state index is -0.310. The Morgan fingerprint density at radius 2 is 1.97 bits per heavy atom. The Kier molecular flexibility index (Phi) is 10.5. The first-order chi connectivity index (χ1) is 14.9. The molecule has 180 valence electrons. The quantitative estimate of drug-likeness (QED) is 0.304. The van der Waals surface area contributed by atoms with E-state index < -0.39 is 0 Å². The number of nitrogens with zero attached hydrogens (tertiary/aromatic N) is 3. The first-order valence-electron chi connectivity index (χ1n) is 11.5. The van der Waals surface area contributed by atoms with Gasteiger partial charge in [0.15, 0.2) is 5.96 Å². The van der Waals surface area contributed by atoms with E-state index in [1.165, 1.54) is 12.0 Å². The molecule has 2 aliphatic rings. The van der Waals surface area contributed by atoms with Crippen molar-refractivity contribution in [1.29, 1.82) is 0 Å². The molecule has 1 aromatic rings. The van der Waals surface area contributed by atoms with E-state index in [0.29, 0.717) is 18.5 Å². The van der Waals surface area contributed by atoms with E-state index in [-0.39, 0.29) is 35.3 Å². The second kappa shape index (κ2) is 12.4. The first kappa shape index (κ1) is 27.2. The summed E-state index contributed by atoms with van der Waals surface area (Å²) in [5, 5.41) is 7.78. The summed E-state index contributed by atoms with van der Waals surface area (Å²) >= 11 is 6.28. The van der Waals surface area contributed by atoms with Gasteiger partial charge in [0.2, 0.25) is 5.91 Å². The number of aliphatic imine (C=N–C) groups is 1. The van der Waals surface area contributed by atoms with Gasteiger partial charge in [-0.15, -0.1) is 24.0 Å². The summed E-state index contributed by atoms with van der Waals surface area (Å²) in [7, 11) is 7.70. The van der Waals surface area contributed by atoms with Crippen LogP contribution in [0.1, 0.15) is 50.1 Å². The Hall–Kier alpha value is -1.06. The smallest absolute Gasteiger partial charge is 0.230 e. The number of carbonyl (C=O) groups is 1. The van der Waals surface area contributed by atoms with Crippen LogP contribution >= 0.6 is 35.6 Å². The van der Waals surface area contributed by atoms with Crippen LogP contribution in [0.4, 0.5) is 0 Å². The minimum Gasteiger partial charge on any atom is -0.356 e. The van der Waals surface area contributed by atoms with Crippen molar-refractivity contribution in [3.8, 4) is 0 Å². The molecule has 1 amide bonds. The summed E-state index contributed by atoms with van der Waals surface area (Å²) < 4.78 is 0. The number of carbonyl (C=O) groups excluding carboxylic acids is 1. The van der Waals surface area contributed by atoms with Crippen molar-refractivity contribution >= 4 is 47.4 Å². The van der Waals surface area contributed by atoms with Gasteiger partial charge in [0.1, 0.15) is 0 Å². The van der Waals surface area contributed by atoms with Crippen LogP contribution in [0, 0.1) is 11.3 Å². The third-order valence-electron chi connectivity index (χ3n) is 6.97. The van der Waals surface area contributed by atoms with Gasteiger partial charge < -0.3 is 15.5 Å². The largest absolute Gasteiger partial charge is 0.356 e. The predicted octanol–water partition coefficient (Wildman–Crippen LogP) is 4.15. The topological polar surface area (TPSA) is 60.0 Å². The standard InChI is InChI=1S/C24H38ClN5O.HI/c1-26-23(28-17-24(12-5-6-13-24)22(31)29(2)3)27-16-19-10-8-14-30(4)21(19)18-9-7-11-20(25)15-18;/h7,9,11,15,19,21H,5-6,8,10,12-14,16-17H2,1-4H3,(H2,26,27,28);1H. The van der Waals surface area contributed by atoms with Crippen LogP contribution in [0.5, 0.6) is 0 Å². The highest BCUT2D eigenvalue weighted by atomic mass is 127. The lowest BCUT2D eigenvalue weighted by Crippen LogP contribution is -2.50. The molecule has 1 heterocycles. The molecule has 2 N–H and O–H groups in total. The summed E-state index contributed by atoms with van der Waals surface area (Å²) in [4.78, 5) is 21.4. The van der Waals surface area contributed by atoms with E-state index in [2.05, 4.69) is 39.7 Å². The minimum absolute atomic E-state index is 0. The normalized spacial score (nSPS) is 23.3. The Morgan fingerprint density at radius 1 is 1.25 bits per heavy atom. The Morgan fingerprint density at radius 3 is 2.59 bits per heavy atom. The zero-order valence-electron chi connectivity index (χ0n) is 19.9. The van der Waals surface area contributed by atoms with Crippen LogP contribution in [0.3, 0.4) is 0 Å². The summed E-state index contributed by atoms with van der Waals surface area (Å²) in [6, 6.07) is 8.56. The van der Waals surface area contributed by atoms with E-state index in [0.717, 1.165) is 56.2 Å². The molecule has 2 fully saturated rings. The molecule has 0 bridgehead atoms. The average molecular weight is 576 g/mol. The number of benzene rings is 1. The highest BCUT2D eigenvalue weighted by Gasteiger charge is 2.42. The van der Waals surface area contributed by atoms with Gasteiger partial charge in [-0.05, 0) is 62.9 Å². The maximum atomic E-state index is 12.8. The number of piperidine rings is 1. The van der Waals surface area contributed by atoms with Crippen molar-refractivity contribution in [2.45, 2.75) is 44.6 Å².